The van der Waals surface area contributed by atoms with Gasteiger partial charge in [-0.1, -0.05) is 234 Å². The van der Waals surface area contributed by atoms with Crippen LogP contribution < -0.4 is 30.7 Å². The molecule has 0 aromatic heterocycles. The highest BCUT2D eigenvalue weighted by Gasteiger charge is 2.47. The number of anilines is 3. The predicted octanol–water partition coefficient (Wildman–Crippen LogP) is 15.4. The number of hydrogen-bond acceptors (Lipinski definition) is 2. The first-order chi connectivity index (χ1) is 35.8. The van der Waals surface area contributed by atoms with Crippen LogP contribution in [0.2, 0.25) is 0 Å². The van der Waals surface area contributed by atoms with E-state index < -0.39 is 5.41 Å². The second-order valence-corrected chi connectivity index (χ2v) is 18.5. The van der Waals surface area contributed by atoms with E-state index in [4.69, 9.17) is 0 Å². The Labute approximate surface area is 432 Å². The van der Waals surface area contributed by atoms with Gasteiger partial charge in [0.2, 0.25) is 0 Å². The van der Waals surface area contributed by atoms with E-state index in [1.165, 1.54) is 49.7 Å². The predicted molar refractivity (Wildman–Crippen MR) is 319 cm³/mol. The van der Waals surface area contributed by atoms with Crippen LogP contribution in [-0.2, 0) is 5.41 Å². The highest BCUT2D eigenvalue weighted by Crippen LogP contribution is 2.59. The van der Waals surface area contributed by atoms with Crippen molar-refractivity contribution in [2.45, 2.75) is 25.7 Å². The molecule has 2 unspecified atom stereocenters. The minimum atomic E-state index is -0.638. The van der Waals surface area contributed by atoms with Gasteiger partial charge in [-0.25, -0.2) is 0 Å². The fraction of sp³-hybridized carbons (Fsp3) is 0.0704. The maximum atomic E-state index is 4.17. The van der Waals surface area contributed by atoms with Crippen LogP contribution in [0.3, 0.4) is 0 Å². The third-order valence-corrected chi connectivity index (χ3v) is 13.9. The summed E-state index contributed by atoms with van der Waals surface area (Å²) in [5.74, 6) is 0.436. The Bertz CT molecular complexity index is 3720. The maximum Gasteiger partial charge on any atom is 0.0711 e. The van der Waals surface area contributed by atoms with Gasteiger partial charge in [-0.3, -0.25) is 0 Å². The molecule has 0 saturated heterocycles. The van der Waals surface area contributed by atoms with Crippen molar-refractivity contribution in [3.8, 4) is 11.1 Å². The van der Waals surface area contributed by atoms with Gasteiger partial charge in [0, 0.05) is 35.7 Å². The summed E-state index contributed by atoms with van der Waals surface area (Å²) in [4.78, 5) is 4.51. The minimum Gasteiger partial charge on any atom is -0.324 e. The molecule has 2 aliphatic rings. The van der Waals surface area contributed by atoms with Crippen LogP contribution >= 0.6 is 0 Å². The fourth-order valence-corrected chi connectivity index (χ4v) is 10.4. The molecule has 0 amide bonds. The number of nitrogens with zero attached hydrogens (tertiary/aromatic N) is 2. The van der Waals surface area contributed by atoms with E-state index in [-0.39, 0.29) is 0 Å². The number of aryl methyl sites for hydroxylation is 1. The van der Waals surface area contributed by atoms with E-state index in [9.17, 15) is 0 Å². The standard InChI is InChI=1S/C71H62N2/c1-8-13-14-20-47-72(48-21-25-56-37-35-54(23-9-2)63(11-4)64(56)12-5)61-43-45-67-68-46-44-62(51-70(68)71(69(67)50-61,58-39-31-52(6)32-40-58)59-41-33-53(7)34-42-59)73(60-27-16-15-17-28-60)49-22-26-57-38-36-55(24-10-3)65-29-18-19-30-66(57)65/h8-33,35-51,53H,1-5,34H2,6-7H3/b14-13-,47-20+,48-21+,49-22+,54-23-,55-24-,56-25-,57-26-. The van der Waals surface area contributed by atoms with Gasteiger partial charge >= 0.3 is 0 Å². The average molecular weight is 943 g/mol. The van der Waals surface area contributed by atoms with Gasteiger partial charge < -0.3 is 9.80 Å². The largest absolute Gasteiger partial charge is 0.324 e. The molecule has 2 nitrogen and oxygen atoms in total. The van der Waals surface area contributed by atoms with Crippen molar-refractivity contribution in [2.75, 3.05) is 9.80 Å². The summed E-state index contributed by atoms with van der Waals surface area (Å²) in [6, 6.07) is 51.0. The number of hydrogen-bond donors (Lipinski definition) is 0. The molecule has 0 spiro atoms. The highest BCUT2D eigenvalue weighted by atomic mass is 15.1. The molecule has 9 rings (SSSR count). The van der Waals surface area contributed by atoms with Crippen LogP contribution in [0.25, 0.3) is 58.4 Å². The van der Waals surface area contributed by atoms with Crippen LogP contribution in [0, 0.1) is 12.8 Å². The number of fused-ring (bicyclic) bond motifs is 4. The van der Waals surface area contributed by atoms with Gasteiger partial charge in [0.25, 0.3) is 0 Å². The van der Waals surface area contributed by atoms with E-state index in [1.54, 1.807) is 12.2 Å². The quantitative estimate of drug-likeness (QED) is 0.0891. The summed E-state index contributed by atoms with van der Waals surface area (Å²) in [6.45, 7) is 24.5. The van der Waals surface area contributed by atoms with E-state index in [2.05, 4.69) is 263 Å². The van der Waals surface area contributed by atoms with Crippen molar-refractivity contribution < 1.29 is 0 Å². The lowest BCUT2D eigenvalue weighted by Gasteiger charge is -2.37. The van der Waals surface area contributed by atoms with Crippen molar-refractivity contribution in [3.63, 3.8) is 0 Å². The zero-order valence-corrected chi connectivity index (χ0v) is 42.0. The molecule has 73 heavy (non-hydrogen) atoms. The summed E-state index contributed by atoms with van der Waals surface area (Å²) in [5.41, 5.74) is 13.2. The number of allylic oxidation sites excluding steroid dienone is 12. The molecular weight excluding hydrogens is 881 g/mol. The van der Waals surface area contributed by atoms with Gasteiger partial charge in [-0.15, -0.1) is 0 Å². The maximum absolute atomic E-state index is 4.17. The Balaban J connectivity index is 1.24. The van der Waals surface area contributed by atoms with E-state index >= 15 is 0 Å². The van der Waals surface area contributed by atoms with Crippen LogP contribution in [0.1, 0.15) is 46.7 Å². The van der Waals surface area contributed by atoms with Crippen molar-refractivity contribution in [3.05, 3.63) is 318 Å². The third kappa shape index (κ3) is 9.89. The Hall–Kier alpha value is -8.98. The topological polar surface area (TPSA) is 6.48 Å². The molecular formula is C71H62N2. The van der Waals surface area contributed by atoms with Gasteiger partial charge in [-0.2, -0.15) is 0 Å². The van der Waals surface area contributed by atoms with Gasteiger partial charge in [0.05, 0.1) is 5.41 Å². The normalized spacial score (nSPS) is 17.2. The molecule has 0 bridgehead atoms. The molecule has 0 saturated carbocycles. The second-order valence-electron chi connectivity index (χ2n) is 18.5. The molecule has 2 aliphatic carbocycles. The first kappa shape index (κ1) is 49.0. The minimum absolute atomic E-state index is 0.436. The van der Waals surface area contributed by atoms with E-state index in [0.29, 0.717) is 5.92 Å². The molecule has 7 aromatic carbocycles. The summed E-state index contributed by atoms with van der Waals surface area (Å²) in [6.07, 6.45) is 42.5. The molecule has 0 fully saturated rings. The van der Waals surface area contributed by atoms with Crippen LogP contribution in [0.4, 0.5) is 17.1 Å². The molecule has 2 atom stereocenters. The van der Waals surface area contributed by atoms with Crippen molar-refractivity contribution in [1.29, 1.82) is 0 Å². The highest BCUT2D eigenvalue weighted by molar-refractivity contribution is 5.91. The molecule has 7 aromatic rings. The smallest absolute Gasteiger partial charge is 0.0711 e. The average Bonchev–Trinajstić information content (AvgIpc) is 3.71. The number of para-hydroxylation sites is 1. The summed E-state index contributed by atoms with van der Waals surface area (Å²) in [5, 5.41) is 6.80. The van der Waals surface area contributed by atoms with Crippen LogP contribution in [-0.4, -0.2) is 0 Å². The van der Waals surface area contributed by atoms with Crippen molar-refractivity contribution in [1.82, 2.24) is 0 Å². The molecule has 0 radical (unpaired) electrons. The monoisotopic (exact) mass is 942 g/mol. The zero-order chi connectivity index (χ0) is 50.7. The second kappa shape index (κ2) is 22.4. The molecule has 0 heterocycles. The lowest BCUT2D eigenvalue weighted by atomic mass is 9.65. The first-order valence-corrected chi connectivity index (χ1v) is 25.0. The zero-order valence-electron chi connectivity index (χ0n) is 42.0. The van der Waals surface area contributed by atoms with Gasteiger partial charge in [0.15, 0.2) is 0 Å². The van der Waals surface area contributed by atoms with Crippen LogP contribution in [0.15, 0.2) is 263 Å². The molecule has 0 aliphatic heterocycles. The van der Waals surface area contributed by atoms with E-state index in [0.717, 1.165) is 55.5 Å². The Morgan fingerprint density at radius 1 is 0.507 bits per heavy atom. The first-order valence-electron chi connectivity index (χ1n) is 25.0. The molecule has 356 valence electrons. The molecule has 2 heteroatoms. The van der Waals surface area contributed by atoms with Crippen LogP contribution in [0.5, 0.6) is 0 Å². The van der Waals surface area contributed by atoms with Crippen molar-refractivity contribution >= 4 is 64.3 Å². The third-order valence-electron chi connectivity index (χ3n) is 13.9. The lowest BCUT2D eigenvalue weighted by Crippen LogP contribution is -2.30. The van der Waals surface area contributed by atoms with Gasteiger partial charge in [0.1, 0.15) is 0 Å². The Morgan fingerprint density at radius 3 is 1.70 bits per heavy atom. The fourth-order valence-electron chi connectivity index (χ4n) is 10.4. The Morgan fingerprint density at radius 2 is 1.07 bits per heavy atom. The van der Waals surface area contributed by atoms with E-state index in [1.807, 2.05) is 42.5 Å². The Kier molecular flexibility index (Phi) is 15.0. The summed E-state index contributed by atoms with van der Waals surface area (Å²) < 4.78 is 0. The number of benzene rings is 7. The number of rotatable bonds is 16. The lowest BCUT2D eigenvalue weighted by molar-refractivity contribution is 0.691. The van der Waals surface area contributed by atoms with Gasteiger partial charge in [-0.05, 0) is 150 Å². The SMILES string of the molecule is C=C/C=C\C=C\N(/C=C/C=c1/cc/c(=C/C=C)c(C=C)c1C=C)c1ccc2c(c1)C(C1=CCC(C)C=C1)(c1ccc(C)cc1)c1cc(N(/C=C/C=c3/cc/c(=C/C=C)c4ccccc34)c3ccccc3)ccc1-2. The summed E-state index contributed by atoms with van der Waals surface area (Å²) >= 11 is 0. The van der Waals surface area contributed by atoms with Crippen molar-refractivity contribution in [2.24, 2.45) is 5.92 Å². The molecule has 0 N–H and O–H groups in total. The summed E-state index contributed by atoms with van der Waals surface area (Å²) in [7, 11) is 0.